The number of hydrogen-bond acceptors (Lipinski definition) is 3. The smallest absolute Gasteiger partial charge is 0.396 e. The molecule has 3 aromatic rings. The third-order valence-corrected chi connectivity index (χ3v) is 9.09. The molecule has 0 spiro atoms. The van der Waals surface area contributed by atoms with Gasteiger partial charge >= 0.3 is 12.8 Å². The average molecular weight is 574 g/mol. The van der Waals surface area contributed by atoms with Gasteiger partial charge in [-0.1, -0.05) is 30.2 Å². The van der Waals surface area contributed by atoms with Crippen LogP contribution in [0.25, 0.3) is 11.8 Å². The number of nitrogens with zero attached hydrogens (tertiary/aromatic N) is 2. The van der Waals surface area contributed by atoms with Crippen molar-refractivity contribution < 1.29 is 31.1 Å². The third-order valence-electron chi connectivity index (χ3n) is 9.09. The van der Waals surface area contributed by atoms with E-state index in [1.807, 2.05) is 19.1 Å². The van der Waals surface area contributed by atoms with Gasteiger partial charge in [0.2, 0.25) is 0 Å². The fourth-order valence-corrected chi connectivity index (χ4v) is 7.06. The van der Waals surface area contributed by atoms with E-state index in [2.05, 4.69) is 15.2 Å². The van der Waals surface area contributed by atoms with Crippen LogP contribution in [-0.2, 0) is 6.42 Å². The molecule has 0 saturated heterocycles. The van der Waals surface area contributed by atoms with Gasteiger partial charge in [-0.2, -0.15) is 27.1 Å². The number of anilines is 1. The summed E-state index contributed by atoms with van der Waals surface area (Å²) in [5.41, 5.74) is 2.06. The van der Waals surface area contributed by atoms with Crippen molar-refractivity contribution >= 4 is 11.8 Å². The molecule has 2 aromatic carbocycles. The average Bonchev–Trinajstić information content (AvgIpc) is 3.32. The van der Waals surface area contributed by atoms with Gasteiger partial charge in [0.05, 0.1) is 23.0 Å². The van der Waals surface area contributed by atoms with Crippen molar-refractivity contribution in [2.45, 2.75) is 51.8 Å². The van der Waals surface area contributed by atoms with E-state index in [4.69, 9.17) is 0 Å². The molecule has 1 heterocycles. The van der Waals surface area contributed by atoms with Gasteiger partial charge in [0.15, 0.2) is 0 Å². The minimum Gasteiger partial charge on any atom is -0.435 e. The Morgan fingerprint density at radius 2 is 1.93 bits per heavy atom. The van der Waals surface area contributed by atoms with E-state index in [9.17, 15) is 13.2 Å². The Kier molecular flexibility index (Phi) is 6.70. The summed E-state index contributed by atoms with van der Waals surface area (Å²) in [5.74, 6) is -1.20. The molecule has 3 aliphatic rings. The molecule has 0 radical (unpaired) electrons. The van der Waals surface area contributed by atoms with E-state index in [1.165, 1.54) is 30.3 Å². The number of fused-ring (bicyclic) bond motifs is 4. The summed E-state index contributed by atoms with van der Waals surface area (Å²) in [4.78, 5) is 0. The first-order chi connectivity index (χ1) is 19.5. The van der Waals surface area contributed by atoms with Crippen LogP contribution in [0.3, 0.4) is 0 Å². The van der Waals surface area contributed by atoms with Crippen molar-refractivity contribution in [3.05, 3.63) is 89.0 Å². The zero-order chi connectivity index (χ0) is 29.0. The number of nitrogens with one attached hydrogen (secondary N) is 1. The molecule has 0 aliphatic heterocycles. The summed E-state index contributed by atoms with van der Waals surface area (Å²) < 4.78 is 90.3. The highest BCUT2D eigenvalue weighted by Crippen LogP contribution is 2.63. The van der Waals surface area contributed by atoms with Crippen molar-refractivity contribution in [2.24, 2.45) is 16.7 Å². The molecule has 216 valence electrons. The Morgan fingerprint density at radius 3 is 2.66 bits per heavy atom. The zero-order valence-corrected chi connectivity index (χ0v) is 22.3. The van der Waals surface area contributed by atoms with Crippen LogP contribution in [0.5, 0.6) is 5.75 Å². The number of benzene rings is 2. The SMILES string of the molecule is C[C@]12Cc3cnn(-c4ccc(F)cc4)c3C=C1CC[C@@H]1C2=CCC[C@@]1(CNc1cccc(OC(F)F)c1)C(F)(F)F. The van der Waals surface area contributed by atoms with Crippen LogP contribution >= 0.6 is 0 Å². The molecule has 1 saturated carbocycles. The molecule has 3 atom stereocenters. The van der Waals surface area contributed by atoms with Crippen LogP contribution in [0, 0.1) is 22.6 Å². The number of ether oxygens (including phenoxy) is 1. The van der Waals surface area contributed by atoms with E-state index < -0.39 is 29.5 Å². The van der Waals surface area contributed by atoms with Crippen molar-refractivity contribution in [3.63, 3.8) is 0 Å². The Bertz CT molecular complexity index is 1510. The predicted octanol–water partition coefficient (Wildman–Crippen LogP) is 8.35. The van der Waals surface area contributed by atoms with Gasteiger partial charge in [-0.3, -0.25) is 0 Å². The molecule has 0 unspecified atom stereocenters. The van der Waals surface area contributed by atoms with Gasteiger partial charge in [-0.05, 0) is 86.1 Å². The standard InChI is InChI=1S/C31H29F6N3O/c1-29-16-19-17-39-40(23-10-8-21(32)9-11-23)27(19)14-20(29)7-12-26-25(29)6-3-13-30(26,31(35,36)37)18-38-22-4-2-5-24(15-22)41-28(33)34/h2,4-6,8-11,14-15,17,26,28,38H,3,7,12-13,16,18H2,1H3/t26-,29+,30+/m1/s1. The number of rotatable bonds is 6. The molecule has 1 aromatic heterocycles. The van der Waals surface area contributed by atoms with Gasteiger partial charge in [0, 0.05) is 23.7 Å². The molecule has 1 N–H and O–H groups in total. The summed E-state index contributed by atoms with van der Waals surface area (Å²) in [6, 6.07) is 11.7. The van der Waals surface area contributed by atoms with Crippen molar-refractivity contribution in [1.29, 1.82) is 0 Å². The minimum atomic E-state index is -4.49. The highest BCUT2D eigenvalue weighted by Gasteiger charge is 2.63. The monoisotopic (exact) mass is 573 g/mol. The largest absolute Gasteiger partial charge is 0.435 e. The quantitative estimate of drug-likeness (QED) is 0.238. The van der Waals surface area contributed by atoms with Gasteiger partial charge in [-0.25, -0.2) is 9.07 Å². The van der Waals surface area contributed by atoms with E-state index in [0.717, 1.165) is 22.4 Å². The maximum atomic E-state index is 15.1. The molecule has 41 heavy (non-hydrogen) atoms. The summed E-state index contributed by atoms with van der Waals surface area (Å²) in [5, 5.41) is 7.44. The van der Waals surface area contributed by atoms with Crippen LogP contribution in [0.4, 0.5) is 32.0 Å². The lowest BCUT2D eigenvalue weighted by Crippen LogP contribution is -2.54. The maximum Gasteiger partial charge on any atom is 0.396 e. The highest BCUT2D eigenvalue weighted by molar-refractivity contribution is 5.64. The van der Waals surface area contributed by atoms with Crippen LogP contribution in [0.1, 0.15) is 43.9 Å². The number of allylic oxidation sites excluding steroid dienone is 3. The van der Waals surface area contributed by atoms with E-state index in [0.29, 0.717) is 30.6 Å². The van der Waals surface area contributed by atoms with E-state index in [-0.39, 0.29) is 31.0 Å². The number of aromatic nitrogens is 2. The second-order valence-corrected chi connectivity index (χ2v) is 11.3. The molecule has 0 amide bonds. The maximum absolute atomic E-state index is 15.1. The predicted molar refractivity (Wildman–Crippen MR) is 143 cm³/mol. The highest BCUT2D eigenvalue weighted by atomic mass is 19.4. The van der Waals surface area contributed by atoms with Crippen LogP contribution in [-0.4, -0.2) is 29.1 Å². The van der Waals surface area contributed by atoms with Gasteiger partial charge in [0.25, 0.3) is 0 Å². The first-order valence-corrected chi connectivity index (χ1v) is 13.6. The summed E-state index contributed by atoms with van der Waals surface area (Å²) in [6.45, 7) is -1.37. The molecule has 0 bridgehead atoms. The Labute approximate surface area is 233 Å². The lowest BCUT2D eigenvalue weighted by molar-refractivity contribution is -0.241. The van der Waals surface area contributed by atoms with Crippen LogP contribution in [0.2, 0.25) is 0 Å². The van der Waals surface area contributed by atoms with Crippen molar-refractivity contribution in [2.75, 3.05) is 11.9 Å². The third kappa shape index (κ3) is 4.71. The van der Waals surface area contributed by atoms with Gasteiger partial charge < -0.3 is 10.1 Å². The zero-order valence-electron chi connectivity index (χ0n) is 22.3. The second-order valence-electron chi connectivity index (χ2n) is 11.3. The first kappa shape index (κ1) is 27.5. The number of halogens is 6. The van der Waals surface area contributed by atoms with E-state index in [1.54, 1.807) is 29.1 Å². The fourth-order valence-electron chi connectivity index (χ4n) is 7.06. The van der Waals surface area contributed by atoms with Gasteiger partial charge in [0.1, 0.15) is 11.6 Å². The molecule has 1 fully saturated rings. The fraction of sp³-hybridized carbons (Fsp3) is 0.387. The summed E-state index contributed by atoms with van der Waals surface area (Å²) in [6.07, 6.45) is 2.87. The summed E-state index contributed by atoms with van der Waals surface area (Å²) >= 11 is 0. The molecule has 3 aliphatic carbocycles. The lowest BCUT2D eigenvalue weighted by Gasteiger charge is -2.54. The van der Waals surface area contributed by atoms with Crippen molar-refractivity contribution in [1.82, 2.24) is 9.78 Å². The number of hydrogen-bond donors (Lipinski definition) is 1. The Balaban J connectivity index is 1.31. The van der Waals surface area contributed by atoms with Crippen molar-refractivity contribution in [3.8, 4) is 11.4 Å². The normalized spacial score (nSPS) is 25.5. The van der Waals surface area contributed by atoms with Gasteiger partial charge in [-0.15, -0.1) is 0 Å². The molecule has 10 heteroatoms. The number of alkyl halides is 5. The second kappa shape index (κ2) is 9.99. The van der Waals surface area contributed by atoms with E-state index >= 15 is 13.2 Å². The Hall–Kier alpha value is -3.69. The first-order valence-electron chi connectivity index (χ1n) is 13.6. The lowest BCUT2D eigenvalue weighted by atomic mass is 9.51. The molecular weight excluding hydrogens is 544 g/mol. The Morgan fingerprint density at radius 1 is 1.15 bits per heavy atom. The molecule has 6 rings (SSSR count). The van der Waals surface area contributed by atoms with Crippen LogP contribution in [0.15, 0.2) is 72.0 Å². The molecular formula is C31H29F6N3O. The topological polar surface area (TPSA) is 39.1 Å². The van der Waals surface area contributed by atoms with Crippen LogP contribution < -0.4 is 10.1 Å². The molecule has 4 nitrogen and oxygen atoms in total. The summed E-state index contributed by atoms with van der Waals surface area (Å²) in [7, 11) is 0. The minimum absolute atomic E-state index is 0.0617.